The molecule has 0 aromatic heterocycles. The lowest BCUT2D eigenvalue weighted by Gasteiger charge is -2.50. The molecule has 3 heterocycles. The zero-order valence-corrected chi connectivity index (χ0v) is 28.0. The highest BCUT2D eigenvalue weighted by atomic mass is 35.5. The van der Waals surface area contributed by atoms with Crippen LogP contribution in [0.25, 0.3) is 0 Å². The summed E-state index contributed by atoms with van der Waals surface area (Å²) in [5.41, 5.74) is 3.21. The molecule has 3 saturated heterocycles. The zero-order chi connectivity index (χ0) is 34.4. The molecule has 252 valence electrons. The summed E-state index contributed by atoms with van der Waals surface area (Å²) in [6.45, 7) is 4.43. The van der Waals surface area contributed by atoms with Crippen LogP contribution >= 0.6 is 23.2 Å². The molecule has 4 fully saturated rings. The molecule has 1 saturated carbocycles. The molecule has 2 aliphatic carbocycles. The van der Waals surface area contributed by atoms with Crippen LogP contribution in [-0.4, -0.2) is 64.8 Å². The van der Waals surface area contributed by atoms with E-state index < -0.39 is 57.0 Å². The Labute approximate surface area is 291 Å². The maximum absolute atomic E-state index is 14.5. The van der Waals surface area contributed by atoms with Crippen LogP contribution in [0.3, 0.4) is 0 Å². The first-order chi connectivity index (χ1) is 23.5. The zero-order valence-electron chi connectivity index (χ0n) is 26.4. The number of benzene rings is 3. The number of phenols is 1. The number of rotatable bonds is 4. The Hall–Kier alpha value is -4.25. The van der Waals surface area contributed by atoms with E-state index >= 15 is 0 Å². The van der Waals surface area contributed by atoms with Gasteiger partial charge >= 0.3 is 0 Å². The van der Waals surface area contributed by atoms with Crippen LogP contribution in [0.2, 0.25) is 0 Å². The average Bonchev–Trinajstić information content (AvgIpc) is 3.44. The molecule has 3 aromatic carbocycles. The molecular weight excluding hydrogens is 672 g/mol. The van der Waals surface area contributed by atoms with Crippen molar-refractivity contribution in [2.45, 2.75) is 35.4 Å². The van der Waals surface area contributed by atoms with Gasteiger partial charge in [-0.1, -0.05) is 23.8 Å². The minimum Gasteiger partial charge on any atom is -0.508 e. The Balaban J connectivity index is 1.21. The number of anilines is 3. The van der Waals surface area contributed by atoms with Crippen molar-refractivity contribution < 1.29 is 33.4 Å². The fraction of sp³-hybridized carbons (Fsp3) is 0.351. The van der Waals surface area contributed by atoms with Gasteiger partial charge in [0.2, 0.25) is 11.8 Å². The van der Waals surface area contributed by atoms with Crippen molar-refractivity contribution >= 4 is 63.9 Å². The molecule has 3 aliphatic heterocycles. The van der Waals surface area contributed by atoms with Gasteiger partial charge in [0, 0.05) is 24.7 Å². The van der Waals surface area contributed by atoms with E-state index in [9.17, 15) is 28.7 Å². The lowest BCUT2D eigenvalue weighted by atomic mass is 9.56. The van der Waals surface area contributed by atoms with Crippen LogP contribution in [-0.2, 0) is 23.9 Å². The molecule has 0 unspecified atom stereocenters. The monoisotopic (exact) mass is 703 g/mol. The van der Waals surface area contributed by atoms with E-state index in [4.69, 9.17) is 27.9 Å². The van der Waals surface area contributed by atoms with E-state index in [1.807, 2.05) is 18.2 Å². The summed E-state index contributed by atoms with van der Waals surface area (Å²) in [4.78, 5) is 57.5. The molecule has 3 aromatic rings. The van der Waals surface area contributed by atoms with Gasteiger partial charge in [0.15, 0.2) is 9.75 Å². The highest BCUT2D eigenvalue weighted by molar-refractivity contribution is 6.58. The smallest absolute Gasteiger partial charge is 0.258 e. The molecule has 9 nitrogen and oxygen atoms in total. The largest absolute Gasteiger partial charge is 0.508 e. The number of imide groups is 2. The number of nitrogens with zero attached hydrogens (tertiary/aromatic N) is 3. The number of ether oxygens (including phenoxy) is 1. The molecule has 1 N–H and O–H groups in total. The van der Waals surface area contributed by atoms with Crippen molar-refractivity contribution in [1.29, 1.82) is 0 Å². The van der Waals surface area contributed by atoms with E-state index in [1.165, 1.54) is 23.1 Å². The van der Waals surface area contributed by atoms with Crippen molar-refractivity contribution in [1.82, 2.24) is 0 Å². The second-order valence-electron chi connectivity index (χ2n) is 13.4. The Morgan fingerprint density at radius 3 is 2.12 bits per heavy atom. The summed E-state index contributed by atoms with van der Waals surface area (Å²) in [5.74, 6) is -6.07. The SMILES string of the molecule is Cc1cc([C@H]2C3=CC[C@@H]4C(=O)N(c5ccc(N6CCOCC6)cc5)C(=O)[C@@H]4[C@@H]3C[C@@]3(Cl)C(=O)N(c4ccc(F)cc4)C(=O)[C@@]23Cl)ccc1O. The lowest BCUT2D eigenvalue weighted by Crippen LogP contribution is -2.60. The topological polar surface area (TPSA) is 107 Å². The van der Waals surface area contributed by atoms with Crippen molar-refractivity contribution in [3.05, 3.63) is 95.3 Å². The van der Waals surface area contributed by atoms with E-state index in [-0.39, 0.29) is 30.2 Å². The van der Waals surface area contributed by atoms with Crippen LogP contribution in [0.4, 0.5) is 21.5 Å². The number of aryl methyl sites for hydroxylation is 1. The van der Waals surface area contributed by atoms with Gasteiger partial charge in [-0.2, -0.15) is 0 Å². The third-order valence-electron chi connectivity index (χ3n) is 10.9. The van der Waals surface area contributed by atoms with Crippen LogP contribution in [0, 0.1) is 30.5 Å². The molecule has 8 rings (SSSR count). The van der Waals surface area contributed by atoms with E-state index in [1.54, 1.807) is 31.2 Å². The quantitative estimate of drug-likeness (QED) is 0.219. The third-order valence-corrected chi connectivity index (χ3v) is 12.3. The number of allylic oxidation sites excluding steroid dienone is 2. The minimum atomic E-state index is -2.04. The van der Waals surface area contributed by atoms with Gasteiger partial charge in [0.05, 0.1) is 36.4 Å². The Kier molecular flexibility index (Phi) is 7.44. The maximum atomic E-state index is 14.5. The first kappa shape index (κ1) is 32.0. The average molecular weight is 705 g/mol. The van der Waals surface area contributed by atoms with Gasteiger partial charge in [-0.3, -0.25) is 24.1 Å². The Morgan fingerprint density at radius 1 is 0.816 bits per heavy atom. The number of aromatic hydroxyl groups is 1. The van der Waals surface area contributed by atoms with Gasteiger partial charge in [0.1, 0.15) is 11.6 Å². The molecule has 4 amide bonds. The second kappa shape index (κ2) is 11.4. The van der Waals surface area contributed by atoms with Crippen LogP contribution in [0.15, 0.2) is 78.4 Å². The normalized spacial score (nSPS) is 31.1. The van der Waals surface area contributed by atoms with Gasteiger partial charge in [-0.25, -0.2) is 9.29 Å². The number of carbonyl (C=O) groups is 4. The van der Waals surface area contributed by atoms with Crippen molar-refractivity contribution in [3.8, 4) is 5.75 Å². The third kappa shape index (κ3) is 4.53. The first-order valence-corrected chi connectivity index (χ1v) is 17.0. The standard InChI is InChI=1S/C37H32Cl2FN3O6/c1-20-18-21(2-13-29(20)44)31-26-11-12-27-30(33(46)42(32(27)45)24-9-7-23(8-10-24)41-14-16-49-17-15-41)28(26)19-36(38)34(47)43(35(48)37(31,36)39)25-5-3-22(40)4-6-25/h2-11,13,18,27-28,30-31,44H,12,14-17,19H2,1H3/t27-,28+,30-,31-,36+,37-/m0/s1. The molecule has 5 aliphatic rings. The van der Waals surface area contributed by atoms with Crippen molar-refractivity contribution in [2.24, 2.45) is 17.8 Å². The van der Waals surface area contributed by atoms with Gasteiger partial charge < -0.3 is 14.7 Å². The summed E-state index contributed by atoms with van der Waals surface area (Å²) in [6.07, 6.45) is 1.92. The molecule has 6 atom stereocenters. The lowest BCUT2D eigenvalue weighted by molar-refractivity contribution is -0.125. The minimum absolute atomic E-state index is 0.0307. The number of morpholine rings is 1. The number of halogens is 3. The molecule has 0 spiro atoms. The highest BCUT2D eigenvalue weighted by Gasteiger charge is 2.76. The molecule has 12 heteroatoms. The van der Waals surface area contributed by atoms with Crippen molar-refractivity contribution in [3.63, 3.8) is 0 Å². The van der Waals surface area contributed by atoms with Gasteiger partial charge in [0.25, 0.3) is 11.8 Å². The number of carbonyl (C=O) groups excluding carboxylic acids is 4. The summed E-state index contributed by atoms with van der Waals surface area (Å²) >= 11 is 14.8. The fourth-order valence-corrected chi connectivity index (χ4v) is 9.45. The maximum Gasteiger partial charge on any atom is 0.258 e. The van der Waals surface area contributed by atoms with Crippen LogP contribution < -0.4 is 14.7 Å². The highest BCUT2D eigenvalue weighted by Crippen LogP contribution is 2.66. The van der Waals surface area contributed by atoms with Crippen molar-refractivity contribution in [2.75, 3.05) is 41.0 Å². The van der Waals surface area contributed by atoms with Gasteiger partial charge in [-0.15, -0.1) is 23.2 Å². The predicted octanol–water partition coefficient (Wildman–Crippen LogP) is 5.44. The number of hydrogen-bond acceptors (Lipinski definition) is 7. The molecule has 0 radical (unpaired) electrons. The summed E-state index contributed by atoms with van der Waals surface area (Å²) in [5, 5.41) is 10.4. The summed E-state index contributed by atoms with van der Waals surface area (Å²) in [6, 6.07) is 17.0. The second-order valence-corrected chi connectivity index (χ2v) is 14.7. The van der Waals surface area contributed by atoms with Crippen LogP contribution in [0.1, 0.15) is 29.9 Å². The summed E-state index contributed by atoms with van der Waals surface area (Å²) in [7, 11) is 0. The number of phenolic OH excluding ortho intramolecular Hbond substituents is 1. The summed E-state index contributed by atoms with van der Waals surface area (Å²) < 4.78 is 19.3. The number of hydrogen-bond donors (Lipinski definition) is 1. The molecule has 49 heavy (non-hydrogen) atoms. The van der Waals surface area contributed by atoms with E-state index in [0.29, 0.717) is 35.6 Å². The van der Waals surface area contributed by atoms with E-state index in [0.717, 1.165) is 35.8 Å². The van der Waals surface area contributed by atoms with Crippen LogP contribution in [0.5, 0.6) is 5.75 Å². The molecular formula is C37H32Cl2FN3O6. The number of amides is 4. The van der Waals surface area contributed by atoms with E-state index in [2.05, 4.69) is 4.90 Å². The van der Waals surface area contributed by atoms with Gasteiger partial charge in [-0.05, 0) is 91.4 Å². The number of alkyl halides is 2. The molecule has 0 bridgehead atoms. The first-order valence-electron chi connectivity index (χ1n) is 16.3. The number of fused-ring (bicyclic) bond motifs is 4. The Morgan fingerprint density at radius 2 is 1.45 bits per heavy atom. The Bertz CT molecular complexity index is 1950. The predicted molar refractivity (Wildman–Crippen MR) is 181 cm³/mol. The fourth-order valence-electron chi connectivity index (χ4n) is 8.52.